The summed E-state index contributed by atoms with van der Waals surface area (Å²) in [5, 5.41) is 4.08. The maximum atomic E-state index is 12.3. The maximum Gasteiger partial charge on any atom is 0.230 e. The number of amides is 1. The summed E-state index contributed by atoms with van der Waals surface area (Å²) in [6.07, 6.45) is 5.93. The van der Waals surface area contributed by atoms with Crippen LogP contribution in [0.1, 0.15) is 43.6 Å². The third-order valence-electron chi connectivity index (χ3n) is 6.46. The Hall–Kier alpha value is -1.49. The number of thioether (sulfide) groups is 1. The van der Waals surface area contributed by atoms with E-state index < -0.39 is 0 Å². The largest absolute Gasteiger partial charge is 0.353 e. The molecule has 2 aliphatic rings. The molecule has 0 bridgehead atoms. The predicted octanol–water partition coefficient (Wildman–Crippen LogP) is 5.60. The standard InChI is InChI=1S/C25H31ClN2OS/c26-22-9-7-20(8-10-22)21-12-14-28(15-13-21)17-19-6-11-23(16-19)27-25(29)18-30-24-4-2-1-3-5-24/h1-5,7-10,19,21,23H,6,11-18H2,(H,27,29)/t19-,23+/m0/s1. The van der Waals surface area contributed by atoms with Crippen molar-refractivity contribution in [2.45, 2.75) is 49.0 Å². The molecular weight excluding hydrogens is 412 g/mol. The summed E-state index contributed by atoms with van der Waals surface area (Å²) in [6.45, 7) is 3.53. The summed E-state index contributed by atoms with van der Waals surface area (Å²) < 4.78 is 0. The number of carbonyl (C=O) groups excluding carboxylic acids is 1. The predicted molar refractivity (Wildman–Crippen MR) is 126 cm³/mol. The summed E-state index contributed by atoms with van der Waals surface area (Å²) in [5.41, 5.74) is 1.43. The van der Waals surface area contributed by atoms with Gasteiger partial charge in [0.15, 0.2) is 0 Å². The Morgan fingerprint density at radius 2 is 1.73 bits per heavy atom. The van der Waals surface area contributed by atoms with Crippen molar-refractivity contribution in [3.05, 3.63) is 65.2 Å². The Morgan fingerprint density at radius 3 is 2.47 bits per heavy atom. The number of nitrogens with one attached hydrogen (secondary N) is 1. The van der Waals surface area contributed by atoms with Crippen LogP contribution in [0, 0.1) is 5.92 Å². The van der Waals surface area contributed by atoms with Crippen molar-refractivity contribution in [2.75, 3.05) is 25.4 Å². The summed E-state index contributed by atoms with van der Waals surface area (Å²) in [5.74, 6) is 2.04. The number of carbonyl (C=O) groups is 1. The molecule has 1 aliphatic heterocycles. The molecule has 160 valence electrons. The molecule has 2 fully saturated rings. The van der Waals surface area contributed by atoms with Gasteiger partial charge in [-0.25, -0.2) is 0 Å². The second-order valence-corrected chi connectivity index (χ2v) is 10.2. The minimum Gasteiger partial charge on any atom is -0.353 e. The first-order valence-electron chi connectivity index (χ1n) is 11.1. The third-order valence-corrected chi connectivity index (χ3v) is 7.73. The van der Waals surface area contributed by atoms with Gasteiger partial charge in [0, 0.05) is 22.5 Å². The summed E-state index contributed by atoms with van der Waals surface area (Å²) in [4.78, 5) is 16.1. The van der Waals surface area contributed by atoms with E-state index >= 15 is 0 Å². The van der Waals surface area contributed by atoms with Crippen LogP contribution in [0.15, 0.2) is 59.5 Å². The molecule has 1 aliphatic carbocycles. The molecule has 2 atom stereocenters. The molecule has 1 saturated carbocycles. The number of piperidine rings is 1. The number of nitrogens with zero attached hydrogens (tertiary/aromatic N) is 1. The minimum absolute atomic E-state index is 0.165. The third kappa shape index (κ3) is 6.26. The molecule has 0 radical (unpaired) electrons. The monoisotopic (exact) mass is 442 g/mol. The van der Waals surface area contributed by atoms with E-state index in [0.717, 1.165) is 22.8 Å². The van der Waals surface area contributed by atoms with Crippen LogP contribution in [0.4, 0.5) is 0 Å². The van der Waals surface area contributed by atoms with Crippen LogP contribution in [0.25, 0.3) is 0 Å². The van der Waals surface area contributed by atoms with Crippen LogP contribution in [-0.2, 0) is 4.79 Å². The number of hydrogen-bond acceptors (Lipinski definition) is 3. The Balaban J connectivity index is 1.15. The molecule has 5 heteroatoms. The molecule has 0 aromatic heterocycles. The average molecular weight is 443 g/mol. The lowest BCUT2D eigenvalue weighted by molar-refractivity contribution is -0.119. The molecule has 1 heterocycles. The van der Waals surface area contributed by atoms with Gasteiger partial charge in [-0.3, -0.25) is 4.79 Å². The van der Waals surface area contributed by atoms with Gasteiger partial charge >= 0.3 is 0 Å². The number of likely N-dealkylation sites (tertiary alicyclic amines) is 1. The fourth-order valence-corrected chi connectivity index (χ4v) is 5.71. The first-order chi connectivity index (χ1) is 14.7. The van der Waals surface area contributed by atoms with Crippen molar-refractivity contribution in [1.82, 2.24) is 10.2 Å². The van der Waals surface area contributed by atoms with Gasteiger partial charge in [0.05, 0.1) is 5.75 Å². The lowest BCUT2D eigenvalue weighted by Gasteiger charge is -2.33. The lowest BCUT2D eigenvalue weighted by atomic mass is 9.89. The fourth-order valence-electron chi connectivity index (χ4n) is 4.86. The second-order valence-electron chi connectivity index (χ2n) is 8.67. The highest BCUT2D eigenvalue weighted by Crippen LogP contribution is 2.32. The molecular formula is C25H31ClN2OS. The number of halogens is 1. The molecule has 3 nitrogen and oxygen atoms in total. The molecule has 1 N–H and O–H groups in total. The molecule has 2 aromatic carbocycles. The first-order valence-corrected chi connectivity index (χ1v) is 12.5. The summed E-state index contributed by atoms with van der Waals surface area (Å²) in [6, 6.07) is 18.9. The Kier molecular flexibility index (Phi) is 7.75. The zero-order valence-electron chi connectivity index (χ0n) is 17.4. The van der Waals surface area contributed by atoms with Crippen LogP contribution in [0.2, 0.25) is 5.02 Å². The molecule has 2 aromatic rings. The van der Waals surface area contributed by atoms with Gasteiger partial charge in [0.1, 0.15) is 0 Å². The van der Waals surface area contributed by atoms with Crippen molar-refractivity contribution in [3.8, 4) is 0 Å². The van der Waals surface area contributed by atoms with E-state index in [4.69, 9.17) is 11.6 Å². The molecule has 0 spiro atoms. The lowest BCUT2D eigenvalue weighted by Crippen LogP contribution is -2.37. The van der Waals surface area contributed by atoms with Crippen molar-refractivity contribution in [2.24, 2.45) is 5.92 Å². The van der Waals surface area contributed by atoms with E-state index in [1.165, 1.54) is 44.5 Å². The number of hydrogen-bond donors (Lipinski definition) is 1. The number of benzene rings is 2. The molecule has 1 amide bonds. The minimum atomic E-state index is 0.165. The SMILES string of the molecule is O=C(CSc1ccccc1)N[C@@H]1CC[C@H](CN2CCC(c3ccc(Cl)cc3)CC2)C1. The van der Waals surface area contributed by atoms with Crippen LogP contribution >= 0.6 is 23.4 Å². The second kappa shape index (κ2) is 10.7. The van der Waals surface area contributed by atoms with Gasteiger partial charge in [-0.2, -0.15) is 0 Å². The van der Waals surface area contributed by atoms with Crippen LogP contribution in [-0.4, -0.2) is 42.2 Å². The molecule has 30 heavy (non-hydrogen) atoms. The van der Waals surface area contributed by atoms with Gasteiger partial charge in [0.25, 0.3) is 0 Å². The van der Waals surface area contributed by atoms with E-state index in [2.05, 4.69) is 34.5 Å². The smallest absolute Gasteiger partial charge is 0.230 e. The molecule has 1 saturated heterocycles. The average Bonchev–Trinajstić information content (AvgIpc) is 3.21. The Bertz CT molecular complexity index is 806. The van der Waals surface area contributed by atoms with Crippen molar-refractivity contribution >= 4 is 29.3 Å². The van der Waals surface area contributed by atoms with Crippen molar-refractivity contribution < 1.29 is 4.79 Å². The van der Waals surface area contributed by atoms with E-state index in [-0.39, 0.29) is 5.91 Å². The van der Waals surface area contributed by atoms with Gasteiger partial charge in [-0.05, 0) is 86.9 Å². The zero-order chi connectivity index (χ0) is 20.8. The molecule has 4 rings (SSSR count). The first kappa shape index (κ1) is 21.7. The van der Waals surface area contributed by atoms with Crippen LogP contribution in [0.5, 0.6) is 0 Å². The van der Waals surface area contributed by atoms with Gasteiger partial charge in [-0.15, -0.1) is 11.8 Å². The topological polar surface area (TPSA) is 32.3 Å². The van der Waals surface area contributed by atoms with E-state index in [0.29, 0.717) is 23.6 Å². The summed E-state index contributed by atoms with van der Waals surface area (Å²) >= 11 is 7.63. The highest BCUT2D eigenvalue weighted by molar-refractivity contribution is 8.00. The highest BCUT2D eigenvalue weighted by atomic mass is 35.5. The Morgan fingerprint density at radius 1 is 1.00 bits per heavy atom. The van der Waals surface area contributed by atoms with E-state index in [1.54, 1.807) is 11.8 Å². The van der Waals surface area contributed by atoms with Gasteiger partial charge < -0.3 is 10.2 Å². The van der Waals surface area contributed by atoms with Gasteiger partial charge in [0.2, 0.25) is 5.91 Å². The normalized spacial score (nSPS) is 22.8. The van der Waals surface area contributed by atoms with Crippen molar-refractivity contribution in [3.63, 3.8) is 0 Å². The highest BCUT2D eigenvalue weighted by Gasteiger charge is 2.29. The fraction of sp³-hybridized carbons (Fsp3) is 0.480. The number of rotatable bonds is 7. The van der Waals surface area contributed by atoms with E-state index in [1.807, 2.05) is 30.3 Å². The quantitative estimate of drug-likeness (QED) is 0.566. The van der Waals surface area contributed by atoms with Crippen LogP contribution < -0.4 is 5.32 Å². The Labute approximate surface area is 189 Å². The maximum absolute atomic E-state index is 12.3. The summed E-state index contributed by atoms with van der Waals surface area (Å²) in [7, 11) is 0. The van der Waals surface area contributed by atoms with Crippen molar-refractivity contribution in [1.29, 1.82) is 0 Å². The zero-order valence-corrected chi connectivity index (χ0v) is 19.0. The van der Waals surface area contributed by atoms with Crippen LogP contribution in [0.3, 0.4) is 0 Å². The van der Waals surface area contributed by atoms with Gasteiger partial charge in [-0.1, -0.05) is 41.9 Å². The molecule has 0 unspecified atom stereocenters. The van der Waals surface area contributed by atoms with E-state index in [9.17, 15) is 4.79 Å².